The van der Waals surface area contributed by atoms with Crippen molar-refractivity contribution in [3.8, 4) is 0 Å². The van der Waals surface area contributed by atoms with Gasteiger partial charge in [0.2, 0.25) is 5.91 Å². The van der Waals surface area contributed by atoms with Gasteiger partial charge < -0.3 is 19.3 Å². The van der Waals surface area contributed by atoms with E-state index in [1.54, 1.807) is 12.3 Å². The van der Waals surface area contributed by atoms with Crippen LogP contribution in [0, 0.1) is 6.92 Å². The number of amides is 1. The first-order valence-corrected chi connectivity index (χ1v) is 10.5. The lowest BCUT2D eigenvalue weighted by Gasteiger charge is -2.16. The topological polar surface area (TPSA) is 110 Å². The standard InChI is InChI=1S/C24H29NO6/c1-14-15-10-17-18(24(2,3)4)13-30-19(17)12-20(15)31-23(29)16(14)11-21(26)25-9-7-5-6-8-22(27)28/h10,12-13H,5-9,11H2,1-4H3,(H,25,26)(H,27,28). The van der Waals surface area contributed by atoms with Gasteiger partial charge in [-0.05, 0) is 36.8 Å². The van der Waals surface area contributed by atoms with E-state index in [1.807, 2.05) is 13.0 Å². The van der Waals surface area contributed by atoms with Gasteiger partial charge in [-0.25, -0.2) is 4.79 Å². The minimum atomic E-state index is -0.815. The molecule has 31 heavy (non-hydrogen) atoms. The van der Waals surface area contributed by atoms with Crippen LogP contribution >= 0.6 is 0 Å². The van der Waals surface area contributed by atoms with E-state index >= 15 is 0 Å². The van der Waals surface area contributed by atoms with Gasteiger partial charge in [-0.1, -0.05) is 27.2 Å². The Morgan fingerprint density at radius 3 is 2.48 bits per heavy atom. The molecule has 0 spiro atoms. The zero-order valence-corrected chi connectivity index (χ0v) is 18.5. The van der Waals surface area contributed by atoms with E-state index in [9.17, 15) is 14.4 Å². The van der Waals surface area contributed by atoms with Crippen molar-refractivity contribution >= 4 is 33.8 Å². The number of aliphatic carboxylic acids is 1. The summed E-state index contributed by atoms with van der Waals surface area (Å²) in [7, 11) is 0. The molecule has 0 saturated heterocycles. The number of nitrogens with one attached hydrogen (secondary N) is 1. The smallest absolute Gasteiger partial charge is 0.340 e. The van der Waals surface area contributed by atoms with Gasteiger partial charge in [0, 0.05) is 35.4 Å². The van der Waals surface area contributed by atoms with E-state index in [1.165, 1.54) is 0 Å². The average molecular weight is 427 g/mol. The van der Waals surface area contributed by atoms with Gasteiger partial charge in [-0.3, -0.25) is 9.59 Å². The lowest BCUT2D eigenvalue weighted by Crippen LogP contribution is -2.28. The highest BCUT2D eigenvalue weighted by atomic mass is 16.4. The molecule has 3 rings (SSSR count). The molecule has 0 bridgehead atoms. The molecule has 2 aromatic heterocycles. The molecule has 0 aliphatic heterocycles. The first-order chi connectivity index (χ1) is 14.6. The molecular weight excluding hydrogens is 398 g/mol. The fraction of sp³-hybridized carbons (Fsp3) is 0.458. The quantitative estimate of drug-likeness (QED) is 0.406. The molecule has 0 unspecified atom stereocenters. The molecule has 0 fully saturated rings. The second-order valence-electron chi connectivity index (χ2n) is 8.97. The number of carbonyl (C=O) groups is 2. The van der Waals surface area contributed by atoms with Crippen LogP contribution in [0.5, 0.6) is 0 Å². The first kappa shape index (κ1) is 22.6. The molecule has 0 aliphatic carbocycles. The summed E-state index contributed by atoms with van der Waals surface area (Å²) < 4.78 is 11.2. The van der Waals surface area contributed by atoms with Crippen molar-refractivity contribution in [3.63, 3.8) is 0 Å². The van der Waals surface area contributed by atoms with Crippen LogP contribution in [0.3, 0.4) is 0 Å². The van der Waals surface area contributed by atoms with E-state index in [4.69, 9.17) is 13.9 Å². The molecule has 0 aliphatic rings. The molecule has 1 amide bonds. The van der Waals surface area contributed by atoms with Gasteiger partial charge in [0.05, 0.1) is 18.2 Å². The number of hydrogen-bond donors (Lipinski definition) is 2. The van der Waals surface area contributed by atoms with Crippen LogP contribution in [-0.2, 0) is 21.4 Å². The Morgan fingerprint density at radius 1 is 1.06 bits per heavy atom. The summed E-state index contributed by atoms with van der Waals surface area (Å²) in [6, 6.07) is 3.70. The summed E-state index contributed by atoms with van der Waals surface area (Å²) in [5.41, 5.74) is 2.61. The molecule has 1 aromatic carbocycles. The Balaban J connectivity index is 1.79. The Labute approximate surface area is 180 Å². The van der Waals surface area contributed by atoms with Crippen LogP contribution in [-0.4, -0.2) is 23.5 Å². The summed E-state index contributed by atoms with van der Waals surface area (Å²) in [4.78, 5) is 35.4. The van der Waals surface area contributed by atoms with E-state index in [0.717, 1.165) is 28.3 Å². The van der Waals surface area contributed by atoms with Gasteiger partial charge in [0.1, 0.15) is 11.2 Å². The third-order valence-electron chi connectivity index (χ3n) is 5.52. The third kappa shape index (κ3) is 5.16. The van der Waals surface area contributed by atoms with Gasteiger partial charge in [0.25, 0.3) is 0 Å². The normalized spacial score (nSPS) is 11.9. The maximum atomic E-state index is 12.5. The van der Waals surface area contributed by atoms with Gasteiger partial charge in [-0.15, -0.1) is 0 Å². The van der Waals surface area contributed by atoms with Crippen LogP contribution in [0.2, 0.25) is 0 Å². The predicted octanol–water partition coefficient (Wildman–Crippen LogP) is 4.45. The number of hydrogen-bond acceptors (Lipinski definition) is 5. The monoisotopic (exact) mass is 427 g/mol. The summed E-state index contributed by atoms with van der Waals surface area (Å²) in [6.45, 7) is 8.60. The number of carbonyl (C=O) groups excluding carboxylic acids is 1. The summed E-state index contributed by atoms with van der Waals surface area (Å²) in [5, 5.41) is 13.2. The molecule has 0 atom stereocenters. The van der Waals surface area contributed by atoms with Crippen LogP contribution in [0.25, 0.3) is 21.9 Å². The molecule has 0 saturated carbocycles. The highest BCUT2D eigenvalue weighted by molar-refractivity contribution is 5.97. The average Bonchev–Trinajstić information content (AvgIpc) is 3.09. The highest BCUT2D eigenvalue weighted by Gasteiger charge is 2.22. The number of aryl methyl sites for hydroxylation is 1. The molecule has 166 valence electrons. The van der Waals surface area contributed by atoms with Crippen molar-refractivity contribution in [1.29, 1.82) is 0 Å². The predicted molar refractivity (Wildman–Crippen MR) is 119 cm³/mol. The molecular formula is C24H29NO6. The SMILES string of the molecule is Cc1c(CC(=O)NCCCCCC(=O)O)c(=O)oc2cc3occ(C(C)(C)C)c3cc12. The number of carboxylic acids is 1. The molecule has 2 heterocycles. The largest absolute Gasteiger partial charge is 0.481 e. The Morgan fingerprint density at radius 2 is 1.81 bits per heavy atom. The van der Waals surface area contributed by atoms with Gasteiger partial charge >= 0.3 is 11.6 Å². The Hall–Kier alpha value is -3.09. The minimum absolute atomic E-state index is 0.0607. The third-order valence-corrected chi connectivity index (χ3v) is 5.52. The molecule has 7 nitrogen and oxygen atoms in total. The highest BCUT2D eigenvalue weighted by Crippen LogP contribution is 2.35. The number of fused-ring (bicyclic) bond motifs is 2. The molecule has 3 aromatic rings. The van der Waals surface area contributed by atoms with Gasteiger partial charge in [0.15, 0.2) is 0 Å². The number of carboxylic acid groups (broad SMARTS) is 1. The molecule has 2 N–H and O–H groups in total. The van der Waals surface area contributed by atoms with Crippen LogP contribution in [0.4, 0.5) is 0 Å². The minimum Gasteiger partial charge on any atom is -0.481 e. The van der Waals surface area contributed by atoms with E-state index in [-0.39, 0.29) is 24.2 Å². The van der Waals surface area contributed by atoms with Crippen molar-refractivity contribution < 1.29 is 23.5 Å². The second-order valence-corrected chi connectivity index (χ2v) is 8.97. The number of unbranched alkanes of at least 4 members (excludes halogenated alkanes) is 2. The van der Waals surface area contributed by atoms with Crippen LogP contribution in [0.1, 0.15) is 63.1 Å². The maximum Gasteiger partial charge on any atom is 0.340 e. The fourth-order valence-electron chi connectivity index (χ4n) is 3.72. The van der Waals surface area contributed by atoms with Crippen molar-refractivity contribution in [2.75, 3.05) is 6.54 Å². The first-order valence-electron chi connectivity index (χ1n) is 10.5. The van der Waals surface area contributed by atoms with Gasteiger partial charge in [-0.2, -0.15) is 0 Å². The number of furan rings is 1. The van der Waals surface area contributed by atoms with Crippen molar-refractivity contribution in [1.82, 2.24) is 5.32 Å². The summed E-state index contributed by atoms with van der Waals surface area (Å²) >= 11 is 0. The van der Waals surface area contributed by atoms with Crippen LogP contribution in [0.15, 0.2) is 32.0 Å². The van der Waals surface area contributed by atoms with E-state index in [2.05, 4.69) is 26.1 Å². The fourth-order valence-corrected chi connectivity index (χ4v) is 3.72. The summed E-state index contributed by atoms with van der Waals surface area (Å²) in [6.07, 6.45) is 3.80. The van der Waals surface area contributed by atoms with Crippen LogP contribution < -0.4 is 10.9 Å². The Kier molecular flexibility index (Phi) is 6.53. The van der Waals surface area contributed by atoms with Crippen molar-refractivity contribution in [2.24, 2.45) is 0 Å². The van der Waals surface area contributed by atoms with Crippen molar-refractivity contribution in [3.05, 3.63) is 45.5 Å². The number of benzene rings is 1. The molecule has 0 radical (unpaired) electrons. The second kappa shape index (κ2) is 8.96. The van der Waals surface area contributed by atoms with E-state index < -0.39 is 11.6 Å². The molecule has 7 heteroatoms. The zero-order chi connectivity index (χ0) is 22.8. The number of rotatable bonds is 8. The Bertz CT molecular complexity index is 1180. The summed E-state index contributed by atoms with van der Waals surface area (Å²) in [5.74, 6) is -1.07. The lowest BCUT2D eigenvalue weighted by molar-refractivity contribution is -0.137. The lowest BCUT2D eigenvalue weighted by atomic mass is 9.86. The maximum absolute atomic E-state index is 12.5. The van der Waals surface area contributed by atoms with Crippen molar-refractivity contribution in [2.45, 2.75) is 65.2 Å². The zero-order valence-electron chi connectivity index (χ0n) is 18.5. The van der Waals surface area contributed by atoms with E-state index in [0.29, 0.717) is 36.1 Å².